The van der Waals surface area contributed by atoms with Crippen molar-refractivity contribution in [3.8, 4) is 113 Å². The lowest BCUT2D eigenvalue weighted by atomic mass is 9.99. The van der Waals surface area contributed by atoms with Gasteiger partial charge < -0.3 is 27.0 Å². The molecule has 13 aromatic carbocycles. The molecule has 0 aliphatic heterocycles. The number of imidazole rings is 1. The molecule has 0 unspecified atom stereocenters. The second-order valence-electron chi connectivity index (χ2n) is 29.1. The summed E-state index contributed by atoms with van der Waals surface area (Å²) in [6.07, 6.45) is 18.6. The monoisotopic (exact) mass is 1530 g/mol. The topological polar surface area (TPSA) is 162 Å². The third kappa shape index (κ3) is 12.5. The molecule has 0 fully saturated rings. The Bertz CT molecular complexity index is 7450. The highest BCUT2D eigenvalue weighted by atomic mass is 16.4. The number of rotatable bonds is 12. The number of nitrogens with zero attached hydrogens (tertiary/aromatic N) is 12. The van der Waals surface area contributed by atoms with Crippen molar-refractivity contribution < 1.29 is 13.3 Å². The van der Waals surface area contributed by atoms with Crippen LogP contribution in [0.25, 0.3) is 212 Å². The summed E-state index contributed by atoms with van der Waals surface area (Å²) in [4.78, 5) is 36.4. The highest BCUT2D eigenvalue weighted by Crippen LogP contribution is 2.45. The molecule has 0 amide bonds. The number of benzene rings is 13. The van der Waals surface area contributed by atoms with E-state index in [1.807, 2.05) is 201 Å². The zero-order valence-corrected chi connectivity index (χ0v) is 63.7. The van der Waals surface area contributed by atoms with Gasteiger partial charge in [0.05, 0.1) is 49.3 Å². The average molecular weight is 1530 g/mol. The standard InChI is InChI=1S/2C35H22N4O.C34H22N4O/c1-2-8-23(9-3-1)35-38-30-14-15-32-33(34(30)40-35)29-12-4-5-13-31(29)39(32)28-19-26(24-10-6-16-36-21-24)18-27(20-28)25-11-7-17-37-22-25;1-2-6-25(7-3-1)35-38-30-10-11-32-33(34(30)40-35)29-8-4-5-9-31(29)39(32)28-21-26(23-12-16-36-17-13-23)20-27(22-28)24-14-18-37-19-15-24;1-3-9-24(10-4-1)34-36-28-19-20-30-31(32(28)39-34)27-13-7-8-14-29(27)38(30)26-17-15-23(16-18-26)33-35-21-22-37(33)25-11-5-2-6-12-25/h2*1-22H;1-22H. The van der Waals surface area contributed by atoms with E-state index < -0.39 is 0 Å². The zero-order valence-electron chi connectivity index (χ0n) is 63.7. The molecule has 24 rings (SSSR count). The molecular weight excluding hydrogens is 1470 g/mol. The summed E-state index contributed by atoms with van der Waals surface area (Å²) in [5.41, 5.74) is 28.4. The smallest absolute Gasteiger partial charge is 0.227 e. The van der Waals surface area contributed by atoms with Crippen LogP contribution in [0, 0.1) is 0 Å². The molecule has 15 nitrogen and oxygen atoms in total. The van der Waals surface area contributed by atoms with Gasteiger partial charge in [-0.3, -0.25) is 24.5 Å². The summed E-state index contributed by atoms with van der Waals surface area (Å²) in [5, 5.41) is 6.56. The zero-order chi connectivity index (χ0) is 78.7. The predicted octanol–water partition coefficient (Wildman–Crippen LogP) is 25.9. The molecule has 0 atom stereocenters. The molecule has 15 heteroatoms. The predicted molar refractivity (Wildman–Crippen MR) is 477 cm³/mol. The van der Waals surface area contributed by atoms with E-state index in [-0.39, 0.29) is 0 Å². The fourth-order valence-corrected chi connectivity index (χ4v) is 16.6. The molecular formula is C104H66N12O3. The quantitative estimate of drug-likeness (QED) is 0.114. The Hall–Kier alpha value is -16.5. The summed E-state index contributed by atoms with van der Waals surface area (Å²) in [6.45, 7) is 0. The summed E-state index contributed by atoms with van der Waals surface area (Å²) in [6, 6.07) is 117. The van der Waals surface area contributed by atoms with Crippen LogP contribution in [0.15, 0.2) is 415 Å². The van der Waals surface area contributed by atoms with Gasteiger partial charge in [0.2, 0.25) is 17.7 Å². The minimum atomic E-state index is 0.623. The van der Waals surface area contributed by atoms with E-state index in [2.05, 4.69) is 231 Å². The highest BCUT2D eigenvalue weighted by Gasteiger charge is 2.25. The van der Waals surface area contributed by atoms with Gasteiger partial charge in [0.15, 0.2) is 16.7 Å². The minimum absolute atomic E-state index is 0.623. The first-order chi connectivity index (χ1) is 59.0. The third-order valence-electron chi connectivity index (χ3n) is 22.1. The largest absolute Gasteiger partial charge is 0.435 e. The Labute approximate surface area is 680 Å². The Morgan fingerprint density at radius 3 is 0.958 bits per heavy atom. The maximum absolute atomic E-state index is 6.47. The van der Waals surface area contributed by atoms with Crippen molar-refractivity contribution in [2.24, 2.45) is 0 Å². The van der Waals surface area contributed by atoms with Crippen molar-refractivity contribution in [2.75, 3.05) is 0 Å². The Morgan fingerprint density at radius 1 is 0.218 bits per heavy atom. The molecule has 560 valence electrons. The second-order valence-corrected chi connectivity index (χ2v) is 29.1. The second kappa shape index (κ2) is 29.5. The maximum Gasteiger partial charge on any atom is 0.227 e. The fraction of sp³-hybridized carbons (Fsp3) is 0. The number of hydrogen-bond acceptors (Lipinski definition) is 11. The number of aromatic nitrogens is 12. The SMILES string of the molecule is c1ccc(-c2nc3ccc4c(c5ccccc5n4-c4cc(-c5cccnc5)cc(-c5cccnc5)c4)c3o2)cc1.c1ccc(-c2nc3ccc4c(c5ccccc5n4-c4cc(-c5ccncc5)cc(-c5ccncc5)c4)c3o2)cc1.c1ccc(-c2nc3ccc4c(c5ccccc5n4-c4ccc(-c5nccn5-c5ccccc5)cc4)c3o2)cc1. The van der Waals surface area contributed by atoms with Crippen LogP contribution in [0.5, 0.6) is 0 Å². The lowest BCUT2D eigenvalue weighted by Crippen LogP contribution is -1.97. The van der Waals surface area contributed by atoms with Gasteiger partial charge in [-0.25, -0.2) is 19.9 Å². The normalized spacial score (nSPS) is 11.5. The molecule has 0 radical (unpaired) electrons. The molecule has 119 heavy (non-hydrogen) atoms. The van der Waals surface area contributed by atoms with E-state index in [9.17, 15) is 0 Å². The van der Waals surface area contributed by atoms with Crippen LogP contribution < -0.4 is 0 Å². The van der Waals surface area contributed by atoms with Gasteiger partial charge in [0.25, 0.3) is 0 Å². The molecule has 0 saturated carbocycles. The molecule has 0 N–H and O–H groups in total. The average Bonchev–Trinajstić information content (AvgIpc) is 1.58. The lowest BCUT2D eigenvalue weighted by Gasteiger charge is -2.14. The Kier molecular flexibility index (Phi) is 17.1. The van der Waals surface area contributed by atoms with Crippen LogP contribution in [0.1, 0.15) is 0 Å². The molecule has 0 aliphatic rings. The van der Waals surface area contributed by atoms with Crippen LogP contribution in [-0.4, -0.2) is 58.1 Å². The van der Waals surface area contributed by atoms with Crippen LogP contribution >= 0.6 is 0 Å². The third-order valence-corrected chi connectivity index (χ3v) is 22.1. The van der Waals surface area contributed by atoms with Crippen molar-refractivity contribution in [1.29, 1.82) is 0 Å². The van der Waals surface area contributed by atoms with E-state index in [1.165, 1.54) is 0 Å². The van der Waals surface area contributed by atoms with Crippen LogP contribution in [-0.2, 0) is 0 Å². The highest BCUT2D eigenvalue weighted by molar-refractivity contribution is 6.22. The number of pyridine rings is 4. The van der Waals surface area contributed by atoms with E-state index in [1.54, 1.807) is 12.4 Å². The first-order valence-corrected chi connectivity index (χ1v) is 39.3. The minimum Gasteiger partial charge on any atom is -0.435 e. The Balaban J connectivity index is 0.000000107. The van der Waals surface area contributed by atoms with Gasteiger partial charge in [-0.1, -0.05) is 140 Å². The van der Waals surface area contributed by atoms with Crippen LogP contribution in [0.2, 0.25) is 0 Å². The summed E-state index contributed by atoms with van der Waals surface area (Å²) in [7, 11) is 0. The lowest BCUT2D eigenvalue weighted by molar-refractivity contribution is 0.622. The van der Waals surface area contributed by atoms with Gasteiger partial charge in [-0.05, 0) is 234 Å². The van der Waals surface area contributed by atoms with Gasteiger partial charge in [0.1, 0.15) is 22.4 Å². The van der Waals surface area contributed by atoms with Crippen molar-refractivity contribution in [1.82, 2.24) is 58.1 Å². The Morgan fingerprint density at radius 2 is 0.571 bits per heavy atom. The number of hydrogen-bond donors (Lipinski definition) is 0. The maximum atomic E-state index is 6.47. The molecule has 24 aromatic rings. The van der Waals surface area contributed by atoms with E-state index in [4.69, 9.17) is 28.2 Å². The van der Waals surface area contributed by atoms with Gasteiger partial charge >= 0.3 is 0 Å². The molecule has 11 aromatic heterocycles. The summed E-state index contributed by atoms with van der Waals surface area (Å²) >= 11 is 0. The van der Waals surface area contributed by atoms with Gasteiger partial charge in [0, 0.05) is 134 Å². The van der Waals surface area contributed by atoms with E-state index >= 15 is 0 Å². The van der Waals surface area contributed by atoms with Crippen molar-refractivity contribution in [2.45, 2.75) is 0 Å². The molecule has 0 spiro atoms. The first kappa shape index (κ1) is 69.2. The van der Waals surface area contributed by atoms with Crippen LogP contribution in [0.3, 0.4) is 0 Å². The molecule has 11 heterocycles. The number of para-hydroxylation sites is 4. The van der Waals surface area contributed by atoms with Crippen molar-refractivity contribution >= 4 is 98.7 Å². The first-order valence-electron chi connectivity index (χ1n) is 39.3. The van der Waals surface area contributed by atoms with Crippen molar-refractivity contribution in [3.63, 3.8) is 0 Å². The van der Waals surface area contributed by atoms with E-state index in [0.717, 1.165) is 194 Å². The molecule has 0 saturated heterocycles. The van der Waals surface area contributed by atoms with E-state index in [0.29, 0.717) is 17.7 Å². The van der Waals surface area contributed by atoms with Crippen molar-refractivity contribution in [3.05, 3.63) is 402 Å². The number of oxazole rings is 3. The summed E-state index contributed by atoms with van der Waals surface area (Å²) in [5.74, 6) is 2.79. The molecule has 0 bridgehead atoms. The fourth-order valence-electron chi connectivity index (χ4n) is 16.6. The number of fused-ring (bicyclic) bond motifs is 15. The summed E-state index contributed by atoms with van der Waals surface area (Å²) < 4.78 is 28.4. The van der Waals surface area contributed by atoms with Gasteiger partial charge in [-0.2, -0.15) is 0 Å². The molecule has 0 aliphatic carbocycles. The van der Waals surface area contributed by atoms with Crippen LogP contribution in [0.4, 0.5) is 0 Å². The van der Waals surface area contributed by atoms with Gasteiger partial charge in [-0.15, -0.1) is 0 Å².